The first-order valence-electron chi connectivity index (χ1n) is 9.05. The number of hydrogen-bond donors (Lipinski definition) is 1. The normalized spacial score (nSPS) is 10.8. The molecule has 1 N–H and O–H groups in total. The standard InChI is InChI=1S/C20H23N5O3S/c1-13(2)14-5-8-16(9-6-14)25-20(22-23-24-25)29-12-19(26)21-15-7-10-17(27-3)18(11-15)28-4/h5-11,13H,12H2,1-4H3,(H,21,26). The number of carbonyl (C=O) groups is 1. The molecule has 2 aromatic carbocycles. The summed E-state index contributed by atoms with van der Waals surface area (Å²) in [6.45, 7) is 4.29. The average molecular weight is 414 g/mol. The Morgan fingerprint density at radius 3 is 2.48 bits per heavy atom. The number of anilines is 1. The molecule has 0 saturated heterocycles. The molecule has 8 nitrogen and oxygen atoms in total. The molecule has 152 valence electrons. The van der Waals surface area contributed by atoms with Gasteiger partial charge in [0.05, 0.1) is 25.7 Å². The first-order valence-corrected chi connectivity index (χ1v) is 10.0. The van der Waals surface area contributed by atoms with Gasteiger partial charge in [0.25, 0.3) is 0 Å². The van der Waals surface area contributed by atoms with Crippen LogP contribution >= 0.6 is 11.8 Å². The van der Waals surface area contributed by atoms with Crippen LogP contribution in [0.3, 0.4) is 0 Å². The van der Waals surface area contributed by atoms with E-state index in [-0.39, 0.29) is 11.7 Å². The van der Waals surface area contributed by atoms with E-state index in [0.717, 1.165) is 5.69 Å². The fourth-order valence-electron chi connectivity index (χ4n) is 2.67. The second-order valence-electron chi connectivity index (χ2n) is 6.53. The van der Waals surface area contributed by atoms with Gasteiger partial charge in [0.2, 0.25) is 11.1 Å². The molecule has 0 atom stereocenters. The van der Waals surface area contributed by atoms with Gasteiger partial charge in [-0.1, -0.05) is 37.7 Å². The predicted molar refractivity (Wildman–Crippen MR) is 112 cm³/mol. The number of methoxy groups -OCH3 is 2. The molecule has 0 saturated carbocycles. The lowest BCUT2D eigenvalue weighted by Crippen LogP contribution is -2.14. The number of aromatic nitrogens is 4. The Kier molecular flexibility index (Phi) is 6.71. The first-order chi connectivity index (χ1) is 14.0. The lowest BCUT2D eigenvalue weighted by Gasteiger charge is -2.10. The van der Waals surface area contributed by atoms with Crippen molar-refractivity contribution in [3.8, 4) is 17.2 Å². The zero-order valence-electron chi connectivity index (χ0n) is 16.7. The maximum atomic E-state index is 12.3. The van der Waals surface area contributed by atoms with Gasteiger partial charge < -0.3 is 14.8 Å². The average Bonchev–Trinajstić information content (AvgIpc) is 3.20. The Hall–Kier alpha value is -3.07. The van der Waals surface area contributed by atoms with Gasteiger partial charge >= 0.3 is 0 Å². The van der Waals surface area contributed by atoms with E-state index in [1.54, 1.807) is 37.1 Å². The number of nitrogens with one attached hydrogen (secondary N) is 1. The highest BCUT2D eigenvalue weighted by molar-refractivity contribution is 7.99. The minimum Gasteiger partial charge on any atom is -0.493 e. The summed E-state index contributed by atoms with van der Waals surface area (Å²) < 4.78 is 12.1. The maximum Gasteiger partial charge on any atom is 0.234 e. The van der Waals surface area contributed by atoms with Crippen molar-refractivity contribution in [3.05, 3.63) is 48.0 Å². The molecule has 0 unspecified atom stereocenters. The van der Waals surface area contributed by atoms with Crippen molar-refractivity contribution in [3.63, 3.8) is 0 Å². The number of nitrogens with zero attached hydrogens (tertiary/aromatic N) is 4. The third-order valence-electron chi connectivity index (χ3n) is 4.24. The van der Waals surface area contributed by atoms with Crippen molar-refractivity contribution in [2.24, 2.45) is 0 Å². The molecule has 0 aliphatic rings. The highest BCUT2D eigenvalue weighted by atomic mass is 32.2. The van der Waals surface area contributed by atoms with Crippen molar-refractivity contribution >= 4 is 23.4 Å². The number of rotatable bonds is 8. The van der Waals surface area contributed by atoms with Gasteiger partial charge in [-0.25, -0.2) is 0 Å². The lowest BCUT2D eigenvalue weighted by atomic mass is 10.0. The second kappa shape index (κ2) is 9.42. The topological polar surface area (TPSA) is 91.2 Å². The van der Waals surface area contributed by atoms with Crippen molar-refractivity contribution in [1.29, 1.82) is 0 Å². The van der Waals surface area contributed by atoms with E-state index in [4.69, 9.17) is 9.47 Å². The Morgan fingerprint density at radius 1 is 1.10 bits per heavy atom. The van der Waals surface area contributed by atoms with Gasteiger partial charge in [-0.15, -0.1) is 5.10 Å². The summed E-state index contributed by atoms with van der Waals surface area (Å²) in [4.78, 5) is 12.3. The molecule has 0 fully saturated rings. The van der Waals surface area contributed by atoms with Crippen LogP contribution in [0.15, 0.2) is 47.6 Å². The van der Waals surface area contributed by atoms with E-state index < -0.39 is 0 Å². The van der Waals surface area contributed by atoms with E-state index in [0.29, 0.717) is 28.3 Å². The van der Waals surface area contributed by atoms with Crippen LogP contribution in [-0.2, 0) is 4.79 Å². The molecule has 1 heterocycles. The molecule has 0 spiro atoms. The van der Waals surface area contributed by atoms with E-state index in [2.05, 4.69) is 46.8 Å². The Labute approximate surface area is 173 Å². The van der Waals surface area contributed by atoms with Crippen LogP contribution < -0.4 is 14.8 Å². The molecule has 0 bridgehead atoms. The Morgan fingerprint density at radius 2 is 1.83 bits per heavy atom. The zero-order chi connectivity index (χ0) is 20.8. The fraction of sp³-hybridized carbons (Fsp3) is 0.300. The number of benzene rings is 2. The van der Waals surface area contributed by atoms with Crippen LogP contribution in [0.25, 0.3) is 5.69 Å². The number of amides is 1. The number of carbonyl (C=O) groups excluding carboxylic acids is 1. The fourth-order valence-corrected chi connectivity index (χ4v) is 3.36. The minimum atomic E-state index is -0.174. The van der Waals surface area contributed by atoms with Crippen molar-refractivity contribution in [2.45, 2.75) is 24.9 Å². The maximum absolute atomic E-state index is 12.3. The molecule has 0 radical (unpaired) electrons. The third-order valence-corrected chi connectivity index (χ3v) is 5.16. The summed E-state index contributed by atoms with van der Waals surface area (Å²) in [6, 6.07) is 13.3. The number of ether oxygens (including phenoxy) is 2. The van der Waals surface area contributed by atoms with E-state index in [1.807, 2.05) is 12.1 Å². The summed E-state index contributed by atoms with van der Waals surface area (Å²) >= 11 is 1.26. The molecule has 3 aromatic rings. The smallest absolute Gasteiger partial charge is 0.234 e. The van der Waals surface area contributed by atoms with Crippen LogP contribution in [0.2, 0.25) is 0 Å². The Balaban J connectivity index is 1.64. The second-order valence-corrected chi connectivity index (χ2v) is 7.47. The van der Waals surface area contributed by atoms with Crippen LogP contribution in [0, 0.1) is 0 Å². The van der Waals surface area contributed by atoms with Gasteiger partial charge in [-0.3, -0.25) is 4.79 Å². The SMILES string of the molecule is COc1ccc(NC(=O)CSc2nnnn2-c2ccc(C(C)C)cc2)cc1OC. The molecule has 29 heavy (non-hydrogen) atoms. The summed E-state index contributed by atoms with van der Waals surface area (Å²) in [7, 11) is 3.11. The number of thioether (sulfide) groups is 1. The summed E-state index contributed by atoms with van der Waals surface area (Å²) in [5, 5.41) is 15.2. The number of tetrazole rings is 1. The summed E-state index contributed by atoms with van der Waals surface area (Å²) in [5.74, 6) is 1.59. The quantitative estimate of drug-likeness (QED) is 0.565. The van der Waals surface area contributed by atoms with Gasteiger partial charge in [0, 0.05) is 11.8 Å². The predicted octanol–water partition coefficient (Wildman–Crippen LogP) is 3.53. The molecule has 9 heteroatoms. The van der Waals surface area contributed by atoms with Crippen molar-refractivity contribution < 1.29 is 14.3 Å². The molecule has 0 aliphatic carbocycles. The zero-order valence-corrected chi connectivity index (χ0v) is 17.6. The van der Waals surface area contributed by atoms with Crippen LogP contribution in [-0.4, -0.2) is 46.1 Å². The van der Waals surface area contributed by atoms with Crippen LogP contribution in [0.4, 0.5) is 5.69 Å². The van der Waals surface area contributed by atoms with Gasteiger partial charge in [0.15, 0.2) is 11.5 Å². The lowest BCUT2D eigenvalue weighted by molar-refractivity contribution is -0.113. The van der Waals surface area contributed by atoms with E-state index >= 15 is 0 Å². The largest absolute Gasteiger partial charge is 0.493 e. The monoisotopic (exact) mass is 413 g/mol. The third kappa shape index (κ3) is 5.05. The number of hydrogen-bond acceptors (Lipinski definition) is 7. The van der Waals surface area contributed by atoms with Gasteiger partial charge in [0.1, 0.15) is 0 Å². The molecule has 1 amide bonds. The molecule has 1 aromatic heterocycles. The highest BCUT2D eigenvalue weighted by Crippen LogP contribution is 2.30. The first kappa shape index (κ1) is 20.7. The van der Waals surface area contributed by atoms with Gasteiger partial charge in [-0.05, 0) is 46.2 Å². The highest BCUT2D eigenvalue weighted by Gasteiger charge is 2.13. The van der Waals surface area contributed by atoms with Crippen molar-refractivity contribution in [2.75, 3.05) is 25.3 Å². The summed E-state index contributed by atoms with van der Waals surface area (Å²) in [5.41, 5.74) is 2.71. The van der Waals surface area contributed by atoms with Crippen LogP contribution in [0.5, 0.6) is 11.5 Å². The molecule has 3 rings (SSSR count). The molecular formula is C20H23N5O3S. The summed E-state index contributed by atoms with van der Waals surface area (Å²) in [6.07, 6.45) is 0. The van der Waals surface area contributed by atoms with E-state index in [9.17, 15) is 4.79 Å². The van der Waals surface area contributed by atoms with Gasteiger partial charge in [-0.2, -0.15) is 4.68 Å². The minimum absolute atomic E-state index is 0.165. The van der Waals surface area contributed by atoms with Crippen LogP contribution in [0.1, 0.15) is 25.3 Å². The molecular weight excluding hydrogens is 390 g/mol. The molecule has 0 aliphatic heterocycles. The Bertz CT molecular complexity index is 973. The van der Waals surface area contributed by atoms with E-state index in [1.165, 1.54) is 17.3 Å². The van der Waals surface area contributed by atoms with Crippen molar-refractivity contribution in [1.82, 2.24) is 20.2 Å².